The van der Waals surface area contributed by atoms with Crippen molar-refractivity contribution >= 4 is 22.8 Å². The molecule has 0 aliphatic carbocycles. The van der Waals surface area contributed by atoms with E-state index < -0.39 is 15.5 Å². The van der Waals surface area contributed by atoms with Gasteiger partial charge in [-0.05, 0) is 25.3 Å². The molecule has 0 unspecified atom stereocenters. The Morgan fingerprint density at radius 1 is 1.32 bits per heavy atom. The second-order valence-corrected chi connectivity index (χ2v) is 4.43. The van der Waals surface area contributed by atoms with Crippen LogP contribution in [0, 0.1) is 32.1 Å². The summed E-state index contributed by atoms with van der Waals surface area (Å²) in [5.74, 6) is 5.77. The molecule has 116 valence electrons. The molecular formula is C14H16N4O4. The summed E-state index contributed by atoms with van der Waals surface area (Å²) < 4.78 is 0. The van der Waals surface area contributed by atoms with Gasteiger partial charge in [-0.15, -0.1) is 0 Å². The number of nitro groups is 2. The molecule has 0 spiro atoms. The molecule has 0 radical (unpaired) electrons. The number of benzene rings is 1. The molecule has 1 aromatic rings. The molecule has 0 fully saturated rings. The van der Waals surface area contributed by atoms with Crippen LogP contribution in [0.3, 0.4) is 0 Å². The molecule has 0 amide bonds. The van der Waals surface area contributed by atoms with Gasteiger partial charge in [-0.1, -0.05) is 19.3 Å². The number of nitro benzene ring substituents is 2. The molecule has 0 saturated heterocycles. The predicted octanol–water partition coefficient (Wildman–Crippen LogP) is 3.48. The molecule has 8 nitrogen and oxygen atoms in total. The first-order valence-corrected chi connectivity index (χ1v) is 6.67. The van der Waals surface area contributed by atoms with Crippen molar-refractivity contribution in [3.05, 3.63) is 38.4 Å². The van der Waals surface area contributed by atoms with Crippen molar-refractivity contribution in [1.29, 1.82) is 0 Å². The molecule has 0 saturated carbocycles. The number of rotatable bonds is 6. The number of nitrogens with one attached hydrogen (secondary N) is 1. The molecule has 1 rings (SSSR count). The zero-order chi connectivity index (χ0) is 16.5. The Labute approximate surface area is 127 Å². The third-order valence-electron chi connectivity index (χ3n) is 2.66. The Morgan fingerprint density at radius 3 is 2.64 bits per heavy atom. The van der Waals surface area contributed by atoms with Crippen molar-refractivity contribution in [1.82, 2.24) is 0 Å². The lowest BCUT2D eigenvalue weighted by atomic mass is 10.2. The smallest absolute Gasteiger partial charge is 0.271 e. The van der Waals surface area contributed by atoms with Crippen molar-refractivity contribution in [3.63, 3.8) is 0 Å². The highest BCUT2D eigenvalue weighted by Crippen LogP contribution is 2.28. The van der Waals surface area contributed by atoms with Gasteiger partial charge < -0.3 is 0 Å². The van der Waals surface area contributed by atoms with E-state index >= 15 is 0 Å². The van der Waals surface area contributed by atoms with E-state index in [0.717, 1.165) is 25.3 Å². The van der Waals surface area contributed by atoms with E-state index in [1.54, 1.807) is 6.92 Å². The van der Waals surface area contributed by atoms with Gasteiger partial charge in [0.05, 0.1) is 15.9 Å². The number of non-ortho nitro benzene ring substituents is 1. The van der Waals surface area contributed by atoms with Crippen LogP contribution in [-0.4, -0.2) is 15.6 Å². The van der Waals surface area contributed by atoms with Crippen molar-refractivity contribution in [2.45, 2.75) is 33.1 Å². The molecule has 22 heavy (non-hydrogen) atoms. The molecule has 0 atom stereocenters. The number of unbranched alkanes of at least 4 members (excludes halogenated alkanes) is 2. The molecule has 1 aromatic carbocycles. The van der Waals surface area contributed by atoms with Gasteiger partial charge >= 0.3 is 5.69 Å². The minimum atomic E-state index is -0.701. The summed E-state index contributed by atoms with van der Waals surface area (Å²) >= 11 is 0. The van der Waals surface area contributed by atoms with Crippen LogP contribution < -0.4 is 5.43 Å². The number of hydrazone groups is 1. The van der Waals surface area contributed by atoms with Crippen LogP contribution in [0.4, 0.5) is 17.1 Å². The van der Waals surface area contributed by atoms with Crippen LogP contribution in [0.2, 0.25) is 0 Å². The van der Waals surface area contributed by atoms with Crippen molar-refractivity contribution < 1.29 is 9.85 Å². The minimum absolute atomic E-state index is 0.0744. The van der Waals surface area contributed by atoms with Gasteiger partial charge in [0.15, 0.2) is 0 Å². The minimum Gasteiger partial charge on any atom is -0.271 e. The summed E-state index contributed by atoms with van der Waals surface area (Å²) in [6.07, 6.45) is 2.82. The Hall–Kier alpha value is -2.95. The van der Waals surface area contributed by atoms with Crippen LogP contribution in [0.15, 0.2) is 23.3 Å². The SMILES string of the molecule is CCCCC#C/C(C)=N/Nc1ccc([N+](=O)[O-])cc1[N+](=O)[O-]. The van der Waals surface area contributed by atoms with Crippen molar-refractivity contribution in [2.24, 2.45) is 5.10 Å². The Bertz CT molecular complexity index is 659. The Morgan fingerprint density at radius 2 is 2.05 bits per heavy atom. The van der Waals surface area contributed by atoms with E-state index in [9.17, 15) is 20.2 Å². The predicted molar refractivity (Wildman–Crippen MR) is 83.8 cm³/mol. The quantitative estimate of drug-likeness (QED) is 0.284. The molecule has 0 heterocycles. The lowest BCUT2D eigenvalue weighted by Crippen LogP contribution is -2.00. The fourth-order valence-corrected chi connectivity index (χ4v) is 1.51. The average Bonchev–Trinajstić information content (AvgIpc) is 2.49. The number of hydrogen-bond acceptors (Lipinski definition) is 6. The highest BCUT2D eigenvalue weighted by Gasteiger charge is 2.19. The van der Waals surface area contributed by atoms with Crippen LogP contribution in [0.1, 0.15) is 33.1 Å². The molecule has 1 N–H and O–H groups in total. The number of hydrogen-bond donors (Lipinski definition) is 1. The second-order valence-electron chi connectivity index (χ2n) is 4.43. The lowest BCUT2D eigenvalue weighted by Gasteiger charge is -2.02. The summed E-state index contributed by atoms with van der Waals surface area (Å²) in [6, 6.07) is 3.31. The van der Waals surface area contributed by atoms with E-state index in [2.05, 4.69) is 29.3 Å². The molecule has 8 heteroatoms. The summed E-state index contributed by atoms with van der Waals surface area (Å²) in [7, 11) is 0. The summed E-state index contributed by atoms with van der Waals surface area (Å²) in [4.78, 5) is 20.2. The third-order valence-corrected chi connectivity index (χ3v) is 2.66. The van der Waals surface area contributed by atoms with E-state index in [4.69, 9.17) is 0 Å². The van der Waals surface area contributed by atoms with E-state index in [1.165, 1.54) is 12.1 Å². The maximum Gasteiger partial charge on any atom is 0.301 e. The number of anilines is 1. The molecule has 0 aliphatic heterocycles. The molecular weight excluding hydrogens is 288 g/mol. The third kappa shape index (κ3) is 5.20. The van der Waals surface area contributed by atoms with E-state index in [-0.39, 0.29) is 11.4 Å². The first-order chi connectivity index (χ1) is 10.5. The van der Waals surface area contributed by atoms with Crippen LogP contribution in [-0.2, 0) is 0 Å². The monoisotopic (exact) mass is 304 g/mol. The maximum atomic E-state index is 11.0. The van der Waals surface area contributed by atoms with Gasteiger partial charge in [-0.3, -0.25) is 25.7 Å². The number of nitrogens with zero attached hydrogens (tertiary/aromatic N) is 3. The van der Waals surface area contributed by atoms with Gasteiger partial charge in [0.25, 0.3) is 5.69 Å². The largest absolute Gasteiger partial charge is 0.301 e. The van der Waals surface area contributed by atoms with Crippen LogP contribution in [0.5, 0.6) is 0 Å². The zero-order valence-corrected chi connectivity index (χ0v) is 12.3. The maximum absolute atomic E-state index is 11.0. The standard InChI is InChI=1S/C14H16N4O4/c1-3-4-5-6-7-11(2)15-16-13-9-8-12(17(19)20)10-14(13)18(21)22/h8-10,16H,3-5H2,1-2H3/b15-11+. The van der Waals surface area contributed by atoms with Gasteiger partial charge in [0, 0.05) is 12.5 Å². The van der Waals surface area contributed by atoms with E-state index in [1.807, 2.05) is 0 Å². The van der Waals surface area contributed by atoms with Crippen LogP contribution >= 0.6 is 0 Å². The zero-order valence-electron chi connectivity index (χ0n) is 12.3. The topological polar surface area (TPSA) is 111 Å². The van der Waals surface area contributed by atoms with Crippen molar-refractivity contribution in [2.75, 3.05) is 5.43 Å². The highest BCUT2D eigenvalue weighted by atomic mass is 16.6. The molecule has 0 bridgehead atoms. The van der Waals surface area contributed by atoms with Gasteiger partial charge in [-0.25, -0.2) is 0 Å². The second kappa shape index (κ2) is 8.36. The summed E-state index contributed by atoms with van der Waals surface area (Å²) in [6.45, 7) is 3.74. The first kappa shape index (κ1) is 17.1. The van der Waals surface area contributed by atoms with Gasteiger partial charge in [0.1, 0.15) is 11.4 Å². The van der Waals surface area contributed by atoms with Gasteiger partial charge in [-0.2, -0.15) is 5.10 Å². The summed E-state index contributed by atoms with van der Waals surface area (Å²) in [5.41, 5.74) is 2.31. The van der Waals surface area contributed by atoms with E-state index in [0.29, 0.717) is 5.71 Å². The molecule has 0 aromatic heterocycles. The Kier molecular flexibility index (Phi) is 6.50. The normalized spacial score (nSPS) is 10.5. The lowest BCUT2D eigenvalue weighted by molar-refractivity contribution is -0.393. The molecule has 0 aliphatic rings. The van der Waals surface area contributed by atoms with Crippen LogP contribution in [0.25, 0.3) is 0 Å². The average molecular weight is 304 g/mol. The summed E-state index contributed by atoms with van der Waals surface area (Å²) in [5, 5.41) is 25.5. The highest BCUT2D eigenvalue weighted by molar-refractivity contribution is 5.98. The van der Waals surface area contributed by atoms with Crippen molar-refractivity contribution in [3.8, 4) is 11.8 Å². The van der Waals surface area contributed by atoms with Gasteiger partial charge in [0.2, 0.25) is 0 Å². The Balaban J connectivity index is 2.90. The fraction of sp³-hybridized carbons (Fsp3) is 0.357. The fourth-order valence-electron chi connectivity index (χ4n) is 1.51. The first-order valence-electron chi connectivity index (χ1n) is 6.67.